The summed E-state index contributed by atoms with van der Waals surface area (Å²) in [6.07, 6.45) is 2.84. The third-order valence-corrected chi connectivity index (χ3v) is 2.61. The van der Waals surface area contributed by atoms with Gasteiger partial charge in [-0.15, -0.1) is 0 Å². The van der Waals surface area contributed by atoms with Crippen LogP contribution in [0.5, 0.6) is 0 Å². The first-order valence-corrected chi connectivity index (χ1v) is 6.99. The molecule has 82 valence electrons. The van der Waals surface area contributed by atoms with Crippen LogP contribution >= 0.6 is 0 Å². The van der Waals surface area contributed by atoms with Gasteiger partial charge < -0.3 is 10.4 Å². The molecule has 0 aliphatic heterocycles. The van der Waals surface area contributed by atoms with E-state index < -0.39 is 21.6 Å². The predicted molar refractivity (Wildman–Crippen MR) is 56.3 cm³/mol. The zero-order chi connectivity index (χ0) is 11.1. The predicted octanol–water partition coefficient (Wildman–Crippen LogP) is -0.596. The van der Waals surface area contributed by atoms with Crippen LogP contribution in [0.4, 0.5) is 0 Å². The summed E-state index contributed by atoms with van der Waals surface area (Å²) in [5.74, 6) is -0.0693. The van der Waals surface area contributed by atoms with Gasteiger partial charge in [-0.05, 0) is 0 Å². The van der Waals surface area contributed by atoms with Gasteiger partial charge in [0, 0.05) is 34.1 Å². The van der Waals surface area contributed by atoms with Gasteiger partial charge in [0.2, 0.25) is 0 Å². The molecule has 8 heteroatoms. The van der Waals surface area contributed by atoms with Crippen LogP contribution in [0.15, 0.2) is 10.3 Å². The summed E-state index contributed by atoms with van der Waals surface area (Å²) < 4.78 is 21.7. The Bertz CT molecular complexity index is 270. The fourth-order valence-corrected chi connectivity index (χ4v) is 1.94. The van der Waals surface area contributed by atoms with Gasteiger partial charge in [0.05, 0.1) is 11.5 Å². The maximum Gasteiger partial charge on any atom is 0.118 e. The third-order valence-electron chi connectivity index (χ3n) is 1.25. The first-order valence-electron chi connectivity index (χ1n) is 3.53. The smallest absolute Gasteiger partial charge is 0.118 e. The van der Waals surface area contributed by atoms with Gasteiger partial charge in [0.1, 0.15) is 11.4 Å². The van der Waals surface area contributed by atoms with Crippen molar-refractivity contribution in [2.45, 2.75) is 0 Å². The van der Waals surface area contributed by atoms with Crippen molar-refractivity contribution in [3.05, 3.63) is 0 Å². The fraction of sp³-hybridized carbons (Fsp3) is 0.667. The molecular weight excluding hydrogens is 228 g/mol. The first-order chi connectivity index (χ1) is 6.51. The Morgan fingerprint density at radius 1 is 1.00 bits per heavy atom. The molecule has 0 heterocycles. The third kappa shape index (κ3) is 5.07. The van der Waals surface area contributed by atoms with E-state index >= 15 is 0 Å². The Kier molecular flexibility index (Phi) is 6.30. The average molecular weight is 240 g/mol. The topological polar surface area (TPSA) is 99.3 Å². The van der Waals surface area contributed by atoms with E-state index in [-0.39, 0.29) is 22.9 Å². The summed E-state index contributed by atoms with van der Waals surface area (Å²) in [7, 11) is -2.43. The summed E-state index contributed by atoms with van der Waals surface area (Å²) >= 11 is 0. The summed E-state index contributed by atoms with van der Waals surface area (Å²) in [6, 6.07) is 0. The molecule has 0 saturated heterocycles. The van der Waals surface area contributed by atoms with E-state index in [9.17, 15) is 8.42 Å². The van der Waals surface area contributed by atoms with Crippen molar-refractivity contribution in [3.8, 4) is 0 Å². The monoisotopic (exact) mass is 240 g/mol. The van der Waals surface area contributed by atoms with Gasteiger partial charge in [-0.1, -0.05) is 10.3 Å². The van der Waals surface area contributed by atoms with Crippen molar-refractivity contribution in [1.82, 2.24) is 0 Å². The lowest BCUT2D eigenvalue weighted by atomic mass is 10.3. The number of oxime groups is 2. The van der Waals surface area contributed by atoms with E-state index in [1.165, 1.54) is 12.5 Å². The molecule has 0 saturated carbocycles. The molecule has 14 heavy (non-hydrogen) atoms. The Hall–Kier alpha value is -0.760. The lowest BCUT2D eigenvalue weighted by Crippen LogP contribution is -2.26. The highest BCUT2D eigenvalue weighted by molar-refractivity contribution is 7.86. The Balaban J connectivity index is 4.65. The Labute approximate surface area is 86.6 Å². The first kappa shape index (κ1) is 13.2. The highest BCUT2D eigenvalue weighted by Gasteiger charge is 2.14. The zero-order valence-electron chi connectivity index (χ0n) is 7.84. The number of hydrogen-bond donors (Lipinski definition) is 2. The standard InChI is InChI=1S/C6H12N2O4S2/c1-13(11)3-5(7-9)6(8-10)4-14(2)12/h9-10H,3-4H2,1-2H3/b7-5-,8-6+/t13-,14+/m1/s1. The molecule has 2 atom stereocenters. The zero-order valence-corrected chi connectivity index (χ0v) is 9.47. The number of nitrogens with zero attached hydrogens (tertiary/aromatic N) is 2. The van der Waals surface area contributed by atoms with Gasteiger partial charge in [-0.2, -0.15) is 0 Å². The molecule has 0 aromatic carbocycles. The largest absolute Gasteiger partial charge is 0.411 e. The second-order valence-electron chi connectivity index (χ2n) is 2.53. The summed E-state index contributed by atoms with van der Waals surface area (Å²) in [6.45, 7) is 0. The van der Waals surface area contributed by atoms with Crippen molar-refractivity contribution in [2.75, 3.05) is 24.0 Å². The van der Waals surface area contributed by atoms with Crippen LogP contribution in [-0.4, -0.2) is 54.3 Å². The molecule has 0 aromatic rings. The second kappa shape index (κ2) is 6.66. The van der Waals surface area contributed by atoms with Gasteiger partial charge in [0.25, 0.3) is 0 Å². The van der Waals surface area contributed by atoms with Crippen LogP contribution in [0, 0.1) is 0 Å². The molecule has 0 aromatic heterocycles. The molecule has 2 N–H and O–H groups in total. The van der Waals surface area contributed by atoms with Crippen LogP contribution in [0.2, 0.25) is 0 Å². The molecule has 0 spiro atoms. The van der Waals surface area contributed by atoms with Gasteiger partial charge in [0.15, 0.2) is 0 Å². The minimum atomic E-state index is -1.21. The van der Waals surface area contributed by atoms with Crippen LogP contribution in [-0.2, 0) is 21.6 Å². The maximum absolute atomic E-state index is 10.8. The number of rotatable bonds is 5. The van der Waals surface area contributed by atoms with Crippen molar-refractivity contribution < 1.29 is 18.8 Å². The van der Waals surface area contributed by atoms with Crippen LogP contribution < -0.4 is 0 Å². The van der Waals surface area contributed by atoms with Crippen molar-refractivity contribution in [3.63, 3.8) is 0 Å². The van der Waals surface area contributed by atoms with Crippen LogP contribution in [0.3, 0.4) is 0 Å². The molecular formula is C6H12N2O4S2. The van der Waals surface area contributed by atoms with E-state index in [0.717, 1.165) is 0 Å². The Morgan fingerprint density at radius 2 is 1.29 bits per heavy atom. The molecule has 0 aliphatic carbocycles. The highest BCUT2D eigenvalue weighted by Crippen LogP contribution is 1.91. The van der Waals surface area contributed by atoms with E-state index in [0.29, 0.717) is 0 Å². The van der Waals surface area contributed by atoms with E-state index in [1.54, 1.807) is 0 Å². The van der Waals surface area contributed by atoms with Crippen LogP contribution in [0.25, 0.3) is 0 Å². The van der Waals surface area contributed by atoms with Crippen molar-refractivity contribution in [1.29, 1.82) is 0 Å². The fourth-order valence-electron chi connectivity index (χ4n) is 0.725. The maximum atomic E-state index is 10.8. The average Bonchev–Trinajstić information content (AvgIpc) is 2.10. The van der Waals surface area contributed by atoms with Gasteiger partial charge in [-0.25, -0.2) is 0 Å². The van der Waals surface area contributed by atoms with Gasteiger partial charge >= 0.3 is 0 Å². The SMILES string of the molecule is C[S@](=O)CC(=N\O)/C(C[S@@](C)=O)=N\O. The van der Waals surface area contributed by atoms with E-state index in [4.69, 9.17) is 10.4 Å². The summed E-state index contributed by atoms with van der Waals surface area (Å²) in [5, 5.41) is 22.8. The molecule has 6 nitrogen and oxygen atoms in total. The summed E-state index contributed by atoms with van der Waals surface area (Å²) in [4.78, 5) is 0. The molecule has 0 fully saturated rings. The van der Waals surface area contributed by atoms with Crippen molar-refractivity contribution >= 4 is 33.0 Å². The van der Waals surface area contributed by atoms with Crippen LogP contribution in [0.1, 0.15) is 0 Å². The lowest BCUT2D eigenvalue weighted by Gasteiger charge is -2.02. The summed E-state index contributed by atoms with van der Waals surface area (Å²) in [5.41, 5.74) is -0.0212. The minimum Gasteiger partial charge on any atom is -0.411 e. The molecule has 0 rings (SSSR count). The lowest BCUT2D eigenvalue weighted by molar-refractivity contribution is 0.314. The van der Waals surface area contributed by atoms with Crippen molar-refractivity contribution in [2.24, 2.45) is 10.3 Å². The second-order valence-corrected chi connectivity index (χ2v) is 5.40. The molecule has 0 radical (unpaired) electrons. The molecule has 0 unspecified atom stereocenters. The minimum absolute atomic E-state index is 0.0106. The van der Waals surface area contributed by atoms with E-state index in [2.05, 4.69) is 10.3 Å². The molecule has 0 amide bonds. The molecule has 0 aliphatic rings. The number of hydrogen-bond acceptors (Lipinski definition) is 6. The van der Waals surface area contributed by atoms with Gasteiger partial charge in [-0.3, -0.25) is 8.42 Å². The Morgan fingerprint density at radius 3 is 1.43 bits per heavy atom. The normalized spacial score (nSPS) is 17.9. The molecule has 0 bridgehead atoms. The highest BCUT2D eigenvalue weighted by atomic mass is 32.2. The quantitative estimate of drug-likeness (QED) is 0.381. The van der Waals surface area contributed by atoms with E-state index in [1.807, 2.05) is 0 Å².